The summed E-state index contributed by atoms with van der Waals surface area (Å²) in [7, 11) is 0. The molecule has 0 spiro atoms. The number of hydrogen-bond acceptors (Lipinski definition) is 3. The molecule has 0 bridgehead atoms. The van der Waals surface area contributed by atoms with Gasteiger partial charge in [0, 0.05) is 16.6 Å². The molecule has 1 aromatic heterocycles. The number of amides is 2. The minimum Gasteiger partial charge on any atom is -0.467 e. The molecule has 0 atom stereocenters. The molecule has 0 aliphatic carbocycles. The van der Waals surface area contributed by atoms with Gasteiger partial charge in [0.25, 0.3) is 5.91 Å². The van der Waals surface area contributed by atoms with Crippen molar-refractivity contribution in [3.63, 3.8) is 0 Å². The quantitative estimate of drug-likeness (QED) is 0.620. The number of halogens is 1. The lowest BCUT2D eigenvalue weighted by Crippen LogP contribution is -2.39. The molecule has 5 nitrogen and oxygen atoms in total. The minimum absolute atomic E-state index is 0.0809. The van der Waals surface area contributed by atoms with Crippen LogP contribution in [0.5, 0.6) is 0 Å². The van der Waals surface area contributed by atoms with Crippen LogP contribution >= 0.6 is 15.9 Å². The Kier molecular flexibility index (Phi) is 6.44. The van der Waals surface area contributed by atoms with Gasteiger partial charge in [-0.1, -0.05) is 46.3 Å². The zero-order chi connectivity index (χ0) is 19.1. The second-order valence-electron chi connectivity index (χ2n) is 6.00. The van der Waals surface area contributed by atoms with Crippen LogP contribution in [0.3, 0.4) is 0 Å². The first-order valence-electron chi connectivity index (χ1n) is 8.49. The summed E-state index contributed by atoms with van der Waals surface area (Å²) < 4.78 is 6.26. The number of nitrogens with zero attached hydrogens (tertiary/aromatic N) is 1. The van der Waals surface area contributed by atoms with Crippen molar-refractivity contribution in [1.29, 1.82) is 0 Å². The van der Waals surface area contributed by atoms with E-state index in [-0.39, 0.29) is 18.4 Å². The molecule has 27 heavy (non-hydrogen) atoms. The molecule has 0 aliphatic heterocycles. The monoisotopic (exact) mass is 426 g/mol. The smallest absolute Gasteiger partial charge is 0.251 e. The Bertz CT molecular complexity index is 878. The zero-order valence-electron chi connectivity index (χ0n) is 14.6. The average molecular weight is 427 g/mol. The number of hydrogen-bond donors (Lipinski definition) is 1. The first kappa shape index (κ1) is 18.9. The molecular formula is C21H19BrN2O3. The van der Waals surface area contributed by atoms with Crippen LogP contribution in [0.2, 0.25) is 0 Å². The number of benzene rings is 2. The van der Waals surface area contributed by atoms with Crippen LogP contribution in [0.4, 0.5) is 0 Å². The number of carbonyl (C=O) groups excluding carboxylic acids is 2. The maximum Gasteiger partial charge on any atom is 0.251 e. The molecule has 0 saturated heterocycles. The third-order valence-corrected chi connectivity index (χ3v) is 4.53. The van der Waals surface area contributed by atoms with Crippen molar-refractivity contribution in [2.24, 2.45) is 0 Å². The maximum atomic E-state index is 12.7. The predicted molar refractivity (Wildman–Crippen MR) is 106 cm³/mol. The number of nitrogens with one attached hydrogen (secondary N) is 1. The molecule has 0 aliphatic rings. The summed E-state index contributed by atoms with van der Waals surface area (Å²) >= 11 is 3.33. The van der Waals surface area contributed by atoms with Crippen molar-refractivity contribution in [1.82, 2.24) is 10.2 Å². The Hall–Kier alpha value is -2.86. The lowest BCUT2D eigenvalue weighted by molar-refractivity contribution is -0.131. The Labute approximate surface area is 166 Å². The Balaban J connectivity index is 1.64. The van der Waals surface area contributed by atoms with E-state index < -0.39 is 0 Å². The zero-order valence-corrected chi connectivity index (χ0v) is 16.2. The molecule has 2 amide bonds. The second-order valence-corrected chi connectivity index (χ2v) is 6.92. The van der Waals surface area contributed by atoms with Crippen molar-refractivity contribution in [2.75, 3.05) is 6.54 Å². The largest absolute Gasteiger partial charge is 0.467 e. The summed E-state index contributed by atoms with van der Waals surface area (Å²) in [4.78, 5) is 26.6. The third-order valence-electron chi connectivity index (χ3n) is 4.00. The van der Waals surface area contributed by atoms with E-state index in [0.717, 1.165) is 10.0 Å². The van der Waals surface area contributed by atoms with Gasteiger partial charge >= 0.3 is 0 Å². The fourth-order valence-corrected chi connectivity index (χ4v) is 2.86. The second kappa shape index (κ2) is 9.19. The minimum atomic E-state index is -0.284. The Morgan fingerprint density at radius 1 is 0.926 bits per heavy atom. The maximum absolute atomic E-state index is 12.7. The van der Waals surface area contributed by atoms with E-state index in [9.17, 15) is 9.59 Å². The van der Waals surface area contributed by atoms with E-state index in [1.165, 1.54) is 0 Å². The lowest BCUT2D eigenvalue weighted by Gasteiger charge is -2.22. The average Bonchev–Trinajstić information content (AvgIpc) is 3.20. The highest BCUT2D eigenvalue weighted by Gasteiger charge is 2.17. The van der Waals surface area contributed by atoms with Crippen LogP contribution in [0.1, 0.15) is 21.7 Å². The summed E-state index contributed by atoms with van der Waals surface area (Å²) in [6, 6.07) is 20.3. The van der Waals surface area contributed by atoms with E-state index in [1.54, 1.807) is 41.5 Å². The molecule has 1 N–H and O–H groups in total. The molecule has 6 heteroatoms. The normalized spacial score (nSPS) is 10.4. The molecule has 2 aromatic carbocycles. The van der Waals surface area contributed by atoms with Gasteiger partial charge < -0.3 is 14.6 Å². The van der Waals surface area contributed by atoms with Gasteiger partial charge in [0.05, 0.1) is 19.4 Å². The van der Waals surface area contributed by atoms with Crippen molar-refractivity contribution in [2.45, 2.75) is 13.1 Å². The van der Waals surface area contributed by atoms with E-state index in [1.807, 2.05) is 36.4 Å². The molecule has 0 fully saturated rings. The number of carbonyl (C=O) groups is 2. The predicted octanol–water partition coefficient (Wildman–Crippen LogP) is 4.00. The van der Waals surface area contributed by atoms with Gasteiger partial charge in [0.15, 0.2) is 0 Å². The van der Waals surface area contributed by atoms with Crippen LogP contribution in [0.25, 0.3) is 0 Å². The van der Waals surface area contributed by atoms with Crippen molar-refractivity contribution in [3.05, 3.63) is 94.4 Å². The van der Waals surface area contributed by atoms with Crippen molar-refractivity contribution < 1.29 is 14.0 Å². The number of rotatable bonds is 7. The van der Waals surface area contributed by atoms with Gasteiger partial charge in [-0.2, -0.15) is 0 Å². The van der Waals surface area contributed by atoms with Gasteiger partial charge in [-0.3, -0.25) is 9.59 Å². The van der Waals surface area contributed by atoms with E-state index in [4.69, 9.17) is 4.42 Å². The van der Waals surface area contributed by atoms with Crippen LogP contribution in [-0.2, 0) is 17.9 Å². The fraction of sp³-hybridized carbons (Fsp3) is 0.143. The third kappa shape index (κ3) is 5.56. The standard InChI is InChI=1S/C21H19BrN2O3/c22-18-10-8-17(9-11-18)21(26)23-13-20(25)24(15-19-7-4-12-27-19)14-16-5-2-1-3-6-16/h1-12H,13-15H2,(H,23,26). The molecule has 0 unspecified atom stereocenters. The topological polar surface area (TPSA) is 62.6 Å². The molecule has 3 aromatic rings. The molecule has 0 radical (unpaired) electrons. The highest BCUT2D eigenvalue weighted by atomic mass is 79.9. The molecule has 1 heterocycles. The van der Waals surface area contributed by atoms with Gasteiger partial charge in [0.1, 0.15) is 5.76 Å². The Morgan fingerprint density at radius 2 is 1.67 bits per heavy atom. The van der Waals surface area contributed by atoms with Crippen LogP contribution in [0.15, 0.2) is 81.9 Å². The van der Waals surface area contributed by atoms with E-state index in [0.29, 0.717) is 24.4 Å². The lowest BCUT2D eigenvalue weighted by atomic mass is 10.2. The summed E-state index contributed by atoms with van der Waals surface area (Å²) in [6.45, 7) is 0.700. The summed E-state index contributed by atoms with van der Waals surface area (Å²) in [5.74, 6) is 0.229. The van der Waals surface area contributed by atoms with Gasteiger partial charge in [-0.25, -0.2) is 0 Å². The van der Waals surface area contributed by atoms with Gasteiger partial charge in [-0.05, 0) is 42.0 Å². The highest BCUT2D eigenvalue weighted by molar-refractivity contribution is 9.10. The van der Waals surface area contributed by atoms with Gasteiger partial charge in [-0.15, -0.1) is 0 Å². The molecular weight excluding hydrogens is 408 g/mol. The molecule has 138 valence electrons. The van der Waals surface area contributed by atoms with Crippen LogP contribution in [0, 0.1) is 0 Å². The highest BCUT2D eigenvalue weighted by Crippen LogP contribution is 2.12. The SMILES string of the molecule is O=C(NCC(=O)N(Cc1ccccc1)Cc1ccco1)c1ccc(Br)cc1. The Morgan fingerprint density at radius 3 is 2.33 bits per heavy atom. The van der Waals surface area contributed by atoms with Crippen molar-refractivity contribution in [3.8, 4) is 0 Å². The number of furan rings is 1. The first-order valence-corrected chi connectivity index (χ1v) is 9.29. The van der Waals surface area contributed by atoms with Crippen LogP contribution in [-0.4, -0.2) is 23.3 Å². The fourth-order valence-electron chi connectivity index (χ4n) is 2.60. The van der Waals surface area contributed by atoms with E-state index in [2.05, 4.69) is 21.2 Å². The van der Waals surface area contributed by atoms with E-state index >= 15 is 0 Å². The molecule has 3 rings (SSSR count). The van der Waals surface area contributed by atoms with Gasteiger partial charge in [0.2, 0.25) is 5.91 Å². The summed E-state index contributed by atoms with van der Waals surface area (Å²) in [5, 5.41) is 2.69. The van der Waals surface area contributed by atoms with Crippen LogP contribution < -0.4 is 5.32 Å². The first-order chi connectivity index (χ1) is 13.1. The summed E-state index contributed by atoms with van der Waals surface area (Å²) in [6.07, 6.45) is 1.58. The summed E-state index contributed by atoms with van der Waals surface area (Å²) in [5.41, 5.74) is 1.52. The molecule has 0 saturated carbocycles. The van der Waals surface area contributed by atoms with Crippen molar-refractivity contribution >= 4 is 27.7 Å².